The van der Waals surface area contributed by atoms with Crippen LogP contribution in [0, 0.1) is 0 Å². The minimum atomic E-state index is -0.164. The van der Waals surface area contributed by atoms with Crippen molar-refractivity contribution in [3.05, 3.63) is 47.5 Å². The summed E-state index contributed by atoms with van der Waals surface area (Å²) in [5, 5.41) is 13.3. The minimum Gasteiger partial charge on any atom is -0.454 e. The third-order valence-electron chi connectivity index (χ3n) is 3.47. The molecule has 3 aromatic rings. The number of benzene rings is 2. The maximum atomic E-state index is 12.2. The number of nitrogens with one attached hydrogen (secondary N) is 2. The van der Waals surface area contributed by atoms with E-state index in [0.29, 0.717) is 23.4 Å². The van der Waals surface area contributed by atoms with Gasteiger partial charge in [0.25, 0.3) is 5.91 Å². The topological polar surface area (TPSA) is 89.1 Å². The van der Waals surface area contributed by atoms with Crippen molar-refractivity contribution in [1.29, 1.82) is 0 Å². The molecule has 1 aromatic heterocycles. The van der Waals surface area contributed by atoms with Crippen LogP contribution in [0.4, 0.5) is 0 Å². The fourth-order valence-electron chi connectivity index (χ4n) is 2.32. The fourth-order valence-corrected chi connectivity index (χ4v) is 2.32. The van der Waals surface area contributed by atoms with E-state index in [1.165, 1.54) is 0 Å². The van der Waals surface area contributed by atoms with Crippen molar-refractivity contribution in [1.82, 2.24) is 20.7 Å². The van der Waals surface area contributed by atoms with Gasteiger partial charge in [-0.25, -0.2) is 0 Å². The maximum absolute atomic E-state index is 12.2. The molecule has 0 spiro atoms. The van der Waals surface area contributed by atoms with Crippen molar-refractivity contribution < 1.29 is 14.3 Å². The average molecular weight is 296 g/mol. The molecular formula is C15H12N4O3. The Kier molecular flexibility index (Phi) is 2.89. The van der Waals surface area contributed by atoms with Gasteiger partial charge in [0, 0.05) is 12.1 Å². The number of aromatic nitrogens is 3. The Morgan fingerprint density at radius 2 is 1.95 bits per heavy atom. The molecule has 2 N–H and O–H groups in total. The van der Waals surface area contributed by atoms with Crippen molar-refractivity contribution in [3.8, 4) is 11.5 Å². The highest BCUT2D eigenvalue weighted by atomic mass is 16.7. The van der Waals surface area contributed by atoms with Gasteiger partial charge in [0.15, 0.2) is 11.5 Å². The van der Waals surface area contributed by atoms with Gasteiger partial charge in [-0.1, -0.05) is 6.07 Å². The van der Waals surface area contributed by atoms with Crippen molar-refractivity contribution >= 4 is 16.9 Å². The Hall–Kier alpha value is -3.09. The molecule has 2 heterocycles. The summed E-state index contributed by atoms with van der Waals surface area (Å²) in [6.07, 6.45) is 0. The van der Waals surface area contributed by atoms with E-state index in [4.69, 9.17) is 9.47 Å². The number of aromatic amines is 1. The van der Waals surface area contributed by atoms with Crippen LogP contribution in [-0.4, -0.2) is 28.1 Å². The molecule has 1 aliphatic rings. The van der Waals surface area contributed by atoms with Crippen LogP contribution in [-0.2, 0) is 6.54 Å². The summed E-state index contributed by atoms with van der Waals surface area (Å²) in [6.45, 7) is 0.648. The zero-order valence-corrected chi connectivity index (χ0v) is 11.5. The molecule has 1 amide bonds. The lowest BCUT2D eigenvalue weighted by Crippen LogP contribution is -2.22. The molecule has 0 atom stereocenters. The monoisotopic (exact) mass is 296 g/mol. The van der Waals surface area contributed by atoms with E-state index in [0.717, 1.165) is 16.8 Å². The summed E-state index contributed by atoms with van der Waals surface area (Å²) in [4.78, 5) is 12.2. The SMILES string of the molecule is O=C(NCc1ccc2c(c1)OCO2)c1ccc2n[nH]nc2c1. The average Bonchev–Trinajstić information content (AvgIpc) is 3.19. The second kappa shape index (κ2) is 5.03. The van der Waals surface area contributed by atoms with Crippen LogP contribution >= 0.6 is 0 Å². The molecule has 0 radical (unpaired) electrons. The van der Waals surface area contributed by atoms with E-state index in [9.17, 15) is 4.79 Å². The predicted molar refractivity (Wildman–Crippen MR) is 77.6 cm³/mol. The summed E-state index contributed by atoms with van der Waals surface area (Å²) in [5.74, 6) is 1.27. The third-order valence-corrected chi connectivity index (χ3v) is 3.47. The van der Waals surface area contributed by atoms with Crippen LogP contribution in [0.2, 0.25) is 0 Å². The molecule has 110 valence electrons. The zero-order chi connectivity index (χ0) is 14.9. The summed E-state index contributed by atoms with van der Waals surface area (Å²) in [5.41, 5.74) is 2.88. The van der Waals surface area contributed by atoms with Gasteiger partial charge in [0.1, 0.15) is 11.0 Å². The van der Waals surface area contributed by atoms with E-state index in [-0.39, 0.29) is 12.7 Å². The predicted octanol–water partition coefficient (Wildman–Crippen LogP) is 1.62. The van der Waals surface area contributed by atoms with Gasteiger partial charge in [0.05, 0.1) is 0 Å². The highest BCUT2D eigenvalue weighted by Gasteiger charge is 2.14. The molecule has 2 aromatic carbocycles. The van der Waals surface area contributed by atoms with Gasteiger partial charge in [-0.15, -0.1) is 0 Å². The molecule has 0 saturated heterocycles. The lowest BCUT2D eigenvalue weighted by atomic mass is 10.1. The number of H-pyrrole nitrogens is 1. The van der Waals surface area contributed by atoms with Crippen molar-refractivity contribution in [3.63, 3.8) is 0 Å². The number of ether oxygens (including phenoxy) is 2. The van der Waals surface area contributed by atoms with Crippen LogP contribution in [0.15, 0.2) is 36.4 Å². The Balaban J connectivity index is 1.47. The third kappa shape index (κ3) is 2.22. The molecule has 22 heavy (non-hydrogen) atoms. The first kappa shape index (κ1) is 12.6. The number of nitrogens with zero attached hydrogens (tertiary/aromatic N) is 2. The number of amides is 1. The maximum Gasteiger partial charge on any atom is 0.251 e. The Morgan fingerprint density at radius 3 is 2.91 bits per heavy atom. The molecule has 0 saturated carbocycles. The quantitative estimate of drug-likeness (QED) is 0.766. The largest absolute Gasteiger partial charge is 0.454 e. The molecule has 7 nitrogen and oxygen atoms in total. The first-order valence-corrected chi connectivity index (χ1v) is 6.77. The number of fused-ring (bicyclic) bond motifs is 2. The Morgan fingerprint density at radius 1 is 1.09 bits per heavy atom. The highest BCUT2D eigenvalue weighted by molar-refractivity contribution is 5.97. The number of rotatable bonds is 3. The van der Waals surface area contributed by atoms with E-state index in [2.05, 4.69) is 20.7 Å². The summed E-state index contributed by atoms with van der Waals surface area (Å²) >= 11 is 0. The number of hydrogen-bond donors (Lipinski definition) is 2. The Labute approximate surface area is 125 Å². The van der Waals surface area contributed by atoms with E-state index in [1.807, 2.05) is 18.2 Å². The highest BCUT2D eigenvalue weighted by Crippen LogP contribution is 2.32. The Bertz CT molecular complexity index is 859. The first-order valence-electron chi connectivity index (χ1n) is 6.77. The standard InChI is InChI=1S/C15H12N4O3/c20-15(10-2-3-11-12(6-10)18-19-17-11)16-7-9-1-4-13-14(5-9)22-8-21-13/h1-6H,7-8H2,(H,16,20)(H,17,18,19). The van der Waals surface area contributed by atoms with Gasteiger partial charge < -0.3 is 14.8 Å². The van der Waals surface area contributed by atoms with Gasteiger partial charge in [-0.05, 0) is 35.9 Å². The first-order chi connectivity index (χ1) is 10.8. The van der Waals surface area contributed by atoms with Crippen molar-refractivity contribution in [2.75, 3.05) is 6.79 Å². The summed E-state index contributed by atoms with van der Waals surface area (Å²) < 4.78 is 10.6. The lowest BCUT2D eigenvalue weighted by Gasteiger charge is -2.06. The smallest absolute Gasteiger partial charge is 0.251 e. The molecule has 7 heteroatoms. The van der Waals surface area contributed by atoms with Crippen LogP contribution in [0.3, 0.4) is 0 Å². The van der Waals surface area contributed by atoms with Gasteiger partial charge in [0.2, 0.25) is 6.79 Å². The minimum absolute atomic E-state index is 0.164. The van der Waals surface area contributed by atoms with Crippen molar-refractivity contribution in [2.24, 2.45) is 0 Å². The van der Waals surface area contributed by atoms with E-state index in [1.54, 1.807) is 18.2 Å². The summed E-state index contributed by atoms with van der Waals surface area (Å²) in [7, 11) is 0. The van der Waals surface area contributed by atoms with Gasteiger partial charge in [-0.3, -0.25) is 4.79 Å². The molecule has 4 rings (SSSR count). The fraction of sp³-hybridized carbons (Fsp3) is 0.133. The van der Waals surface area contributed by atoms with Gasteiger partial charge >= 0.3 is 0 Å². The van der Waals surface area contributed by atoms with Gasteiger partial charge in [-0.2, -0.15) is 15.4 Å². The second-order valence-electron chi connectivity index (χ2n) is 4.90. The van der Waals surface area contributed by atoms with Crippen LogP contribution in [0.5, 0.6) is 11.5 Å². The lowest BCUT2D eigenvalue weighted by molar-refractivity contribution is 0.0951. The van der Waals surface area contributed by atoms with E-state index >= 15 is 0 Å². The molecular weight excluding hydrogens is 284 g/mol. The summed E-state index contributed by atoms with van der Waals surface area (Å²) in [6, 6.07) is 10.8. The van der Waals surface area contributed by atoms with E-state index < -0.39 is 0 Å². The van der Waals surface area contributed by atoms with Crippen molar-refractivity contribution in [2.45, 2.75) is 6.54 Å². The molecule has 1 aliphatic heterocycles. The molecule has 0 unspecified atom stereocenters. The number of hydrogen-bond acceptors (Lipinski definition) is 5. The van der Waals surface area contributed by atoms with Crippen LogP contribution in [0.1, 0.15) is 15.9 Å². The zero-order valence-electron chi connectivity index (χ0n) is 11.5. The second-order valence-corrected chi connectivity index (χ2v) is 4.90. The number of carbonyl (C=O) groups excluding carboxylic acids is 1. The van der Waals surface area contributed by atoms with Crippen LogP contribution < -0.4 is 14.8 Å². The molecule has 0 fully saturated rings. The van der Waals surface area contributed by atoms with Crippen LogP contribution in [0.25, 0.3) is 11.0 Å². The molecule has 0 bridgehead atoms. The normalized spacial score (nSPS) is 12.5. The molecule has 0 aliphatic carbocycles. The number of carbonyl (C=O) groups is 1.